The Morgan fingerprint density at radius 3 is 2.86 bits per heavy atom. The molecule has 1 fully saturated rings. The third kappa shape index (κ3) is 2.21. The second-order valence-electron chi connectivity index (χ2n) is 3.55. The molecule has 1 aliphatic rings. The third-order valence-electron chi connectivity index (χ3n) is 2.50. The summed E-state index contributed by atoms with van der Waals surface area (Å²) in [7, 11) is 0. The molecule has 14 heavy (non-hydrogen) atoms. The van der Waals surface area contributed by atoms with E-state index < -0.39 is 0 Å². The van der Waals surface area contributed by atoms with Crippen LogP contribution in [0.4, 0.5) is 0 Å². The number of hydrogen-bond donors (Lipinski definition) is 2. The van der Waals surface area contributed by atoms with E-state index in [0.717, 1.165) is 38.3 Å². The van der Waals surface area contributed by atoms with E-state index in [9.17, 15) is 4.79 Å². The first-order valence-electron chi connectivity index (χ1n) is 4.96. The molecule has 1 aromatic rings. The van der Waals surface area contributed by atoms with Crippen molar-refractivity contribution >= 4 is 0 Å². The summed E-state index contributed by atoms with van der Waals surface area (Å²) in [5, 5.41) is 3.29. The summed E-state index contributed by atoms with van der Waals surface area (Å²) in [5.41, 5.74) is 0.889. The Kier molecular flexibility index (Phi) is 2.96. The molecule has 0 aromatic carbocycles. The van der Waals surface area contributed by atoms with E-state index in [2.05, 4.69) is 15.2 Å². The lowest BCUT2D eigenvalue weighted by Crippen LogP contribution is -2.43. The number of H-pyrrole nitrogens is 1. The van der Waals surface area contributed by atoms with E-state index >= 15 is 0 Å². The highest BCUT2D eigenvalue weighted by Crippen LogP contribution is 1.99. The van der Waals surface area contributed by atoms with Crippen molar-refractivity contribution in [1.29, 1.82) is 0 Å². The molecule has 1 aliphatic heterocycles. The van der Waals surface area contributed by atoms with Crippen LogP contribution in [-0.4, -0.2) is 36.1 Å². The van der Waals surface area contributed by atoms with Crippen molar-refractivity contribution in [2.75, 3.05) is 26.2 Å². The van der Waals surface area contributed by atoms with Crippen LogP contribution in [0, 0.1) is 0 Å². The summed E-state index contributed by atoms with van der Waals surface area (Å²) < 4.78 is 0. The minimum Gasteiger partial charge on any atom is -0.329 e. The number of aromatic nitrogens is 1. The summed E-state index contributed by atoms with van der Waals surface area (Å²) in [6.45, 7) is 4.84. The number of rotatable bonds is 2. The van der Waals surface area contributed by atoms with Crippen molar-refractivity contribution < 1.29 is 0 Å². The van der Waals surface area contributed by atoms with Gasteiger partial charge in [0.2, 0.25) is 0 Å². The van der Waals surface area contributed by atoms with Crippen LogP contribution in [0.1, 0.15) is 5.56 Å². The van der Waals surface area contributed by atoms with Crippen LogP contribution in [0.15, 0.2) is 23.1 Å². The second-order valence-corrected chi connectivity index (χ2v) is 3.55. The number of aromatic amines is 1. The average molecular weight is 193 g/mol. The van der Waals surface area contributed by atoms with E-state index in [0.29, 0.717) is 0 Å². The number of nitrogens with one attached hydrogen (secondary N) is 2. The Bertz CT molecular complexity index is 341. The zero-order valence-electron chi connectivity index (χ0n) is 8.12. The third-order valence-corrected chi connectivity index (χ3v) is 2.50. The van der Waals surface area contributed by atoms with E-state index in [4.69, 9.17) is 0 Å². The van der Waals surface area contributed by atoms with Crippen LogP contribution in [0.3, 0.4) is 0 Å². The van der Waals surface area contributed by atoms with Crippen LogP contribution < -0.4 is 10.9 Å². The molecule has 0 atom stereocenters. The highest BCUT2D eigenvalue weighted by Gasteiger charge is 2.10. The van der Waals surface area contributed by atoms with Gasteiger partial charge in [-0.1, -0.05) is 6.07 Å². The molecule has 76 valence electrons. The summed E-state index contributed by atoms with van der Waals surface area (Å²) in [5.74, 6) is 0. The minimum atomic E-state index is 0.0334. The van der Waals surface area contributed by atoms with Crippen LogP contribution in [0.2, 0.25) is 0 Å². The molecule has 0 saturated carbocycles. The lowest BCUT2D eigenvalue weighted by molar-refractivity contribution is 0.232. The van der Waals surface area contributed by atoms with Gasteiger partial charge < -0.3 is 10.3 Å². The van der Waals surface area contributed by atoms with Crippen LogP contribution in [-0.2, 0) is 6.54 Å². The molecule has 4 heteroatoms. The highest BCUT2D eigenvalue weighted by molar-refractivity contribution is 5.08. The average Bonchev–Trinajstić information content (AvgIpc) is 2.23. The molecule has 0 spiro atoms. The fraction of sp³-hybridized carbons (Fsp3) is 0.500. The van der Waals surface area contributed by atoms with Gasteiger partial charge in [-0.2, -0.15) is 0 Å². The molecule has 0 bridgehead atoms. The fourth-order valence-electron chi connectivity index (χ4n) is 1.69. The van der Waals surface area contributed by atoms with Crippen LogP contribution >= 0.6 is 0 Å². The molecular weight excluding hydrogens is 178 g/mol. The van der Waals surface area contributed by atoms with Crippen molar-refractivity contribution in [3.8, 4) is 0 Å². The summed E-state index contributed by atoms with van der Waals surface area (Å²) in [4.78, 5) is 16.4. The highest BCUT2D eigenvalue weighted by atomic mass is 16.1. The first-order valence-corrected chi connectivity index (χ1v) is 4.96. The van der Waals surface area contributed by atoms with E-state index in [1.165, 1.54) is 0 Å². The van der Waals surface area contributed by atoms with Gasteiger partial charge in [0.25, 0.3) is 5.56 Å². The first kappa shape index (κ1) is 9.43. The Hall–Kier alpha value is -1.13. The number of piperazine rings is 1. The second kappa shape index (κ2) is 4.39. The maximum absolute atomic E-state index is 11.4. The molecule has 1 saturated heterocycles. The van der Waals surface area contributed by atoms with Gasteiger partial charge in [-0.05, 0) is 6.07 Å². The normalized spacial score (nSPS) is 18.3. The van der Waals surface area contributed by atoms with Gasteiger partial charge in [-0.3, -0.25) is 9.69 Å². The quantitative estimate of drug-likeness (QED) is 0.682. The molecule has 2 heterocycles. The lowest BCUT2D eigenvalue weighted by atomic mass is 10.2. The monoisotopic (exact) mass is 193 g/mol. The minimum absolute atomic E-state index is 0.0334. The molecule has 0 unspecified atom stereocenters. The van der Waals surface area contributed by atoms with Gasteiger partial charge >= 0.3 is 0 Å². The predicted molar refractivity (Wildman–Crippen MR) is 55.2 cm³/mol. The Balaban J connectivity index is 2.03. The first-order chi connectivity index (χ1) is 6.86. The molecule has 0 radical (unpaired) electrons. The Labute approximate surface area is 82.9 Å². The molecule has 0 amide bonds. The summed E-state index contributed by atoms with van der Waals surface area (Å²) in [6, 6.07) is 3.76. The molecule has 2 rings (SSSR count). The van der Waals surface area contributed by atoms with Crippen molar-refractivity contribution in [2.45, 2.75) is 6.54 Å². The van der Waals surface area contributed by atoms with Gasteiger partial charge in [0, 0.05) is 44.5 Å². The summed E-state index contributed by atoms with van der Waals surface area (Å²) >= 11 is 0. The maximum atomic E-state index is 11.4. The van der Waals surface area contributed by atoms with Crippen molar-refractivity contribution in [3.63, 3.8) is 0 Å². The van der Waals surface area contributed by atoms with E-state index in [1.54, 1.807) is 6.20 Å². The molecule has 4 nitrogen and oxygen atoms in total. The topological polar surface area (TPSA) is 48.1 Å². The SMILES string of the molecule is O=c1[nH]cccc1CN1CCNCC1. The number of pyridine rings is 1. The molecule has 0 aliphatic carbocycles. The largest absolute Gasteiger partial charge is 0.329 e. The van der Waals surface area contributed by atoms with Crippen LogP contribution in [0.25, 0.3) is 0 Å². The number of hydrogen-bond acceptors (Lipinski definition) is 3. The van der Waals surface area contributed by atoms with Gasteiger partial charge in [-0.25, -0.2) is 0 Å². The van der Waals surface area contributed by atoms with Crippen molar-refractivity contribution in [1.82, 2.24) is 15.2 Å². The zero-order valence-corrected chi connectivity index (χ0v) is 8.12. The number of nitrogens with zero attached hydrogens (tertiary/aromatic N) is 1. The van der Waals surface area contributed by atoms with Crippen molar-refractivity contribution in [2.24, 2.45) is 0 Å². The Morgan fingerprint density at radius 1 is 1.36 bits per heavy atom. The molecule has 1 aromatic heterocycles. The van der Waals surface area contributed by atoms with Gasteiger partial charge in [0.05, 0.1) is 0 Å². The predicted octanol–water partition coefficient (Wildman–Crippen LogP) is -0.220. The van der Waals surface area contributed by atoms with E-state index in [-0.39, 0.29) is 5.56 Å². The maximum Gasteiger partial charge on any atom is 0.252 e. The smallest absolute Gasteiger partial charge is 0.252 e. The zero-order chi connectivity index (χ0) is 9.80. The van der Waals surface area contributed by atoms with Gasteiger partial charge in [0.1, 0.15) is 0 Å². The van der Waals surface area contributed by atoms with Crippen molar-refractivity contribution in [3.05, 3.63) is 34.2 Å². The Morgan fingerprint density at radius 2 is 2.14 bits per heavy atom. The summed E-state index contributed by atoms with van der Waals surface area (Å²) in [6.07, 6.45) is 1.67. The van der Waals surface area contributed by atoms with Crippen LogP contribution in [0.5, 0.6) is 0 Å². The molecular formula is C10H15N3O. The lowest BCUT2D eigenvalue weighted by Gasteiger charge is -2.26. The standard InChI is InChI=1S/C10H15N3O/c14-10-9(2-1-3-12-10)8-13-6-4-11-5-7-13/h1-3,11H,4-8H2,(H,12,14). The van der Waals surface area contributed by atoms with Gasteiger partial charge in [0.15, 0.2) is 0 Å². The fourth-order valence-corrected chi connectivity index (χ4v) is 1.69. The van der Waals surface area contributed by atoms with Gasteiger partial charge in [-0.15, -0.1) is 0 Å². The molecule has 2 N–H and O–H groups in total. The van der Waals surface area contributed by atoms with E-state index in [1.807, 2.05) is 12.1 Å².